The van der Waals surface area contributed by atoms with E-state index in [1.807, 2.05) is 9.80 Å². The van der Waals surface area contributed by atoms with Crippen molar-refractivity contribution in [2.45, 2.75) is 43.3 Å². The molecular weight excluding hydrogens is 286 g/mol. The van der Waals surface area contributed by atoms with Gasteiger partial charge < -0.3 is 25.0 Å². The number of carbonyl (C=O) groups is 2. The second-order valence-corrected chi connectivity index (χ2v) is 7.50. The Morgan fingerprint density at radius 1 is 1.45 bits per heavy atom. The number of fused-ring (bicyclic) bond motifs is 1. The third-order valence-corrected chi connectivity index (χ3v) is 6.03. The molecule has 0 radical (unpaired) electrons. The molecule has 0 aromatic rings. The molecule has 22 heavy (non-hydrogen) atoms. The van der Waals surface area contributed by atoms with E-state index >= 15 is 0 Å². The van der Waals surface area contributed by atoms with Gasteiger partial charge in [-0.15, -0.1) is 0 Å². The van der Waals surface area contributed by atoms with Crippen molar-refractivity contribution in [1.82, 2.24) is 15.1 Å². The number of rotatable bonds is 5. The maximum absolute atomic E-state index is 12.7. The van der Waals surface area contributed by atoms with E-state index in [1.54, 1.807) is 7.11 Å². The fraction of sp³-hybridized carbons (Fsp3) is 0.867. The van der Waals surface area contributed by atoms with Crippen molar-refractivity contribution in [3.05, 3.63) is 0 Å². The number of hydrogen-bond donors (Lipinski definition) is 2. The third kappa shape index (κ3) is 1.81. The highest BCUT2D eigenvalue weighted by atomic mass is 16.5. The van der Waals surface area contributed by atoms with Gasteiger partial charge >= 0.3 is 12.0 Å². The summed E-state index contributed by atoms with van der Waals surface area (Å²) in [6, 6.07) is 0.495. The van der Waals surface area contributed by atoms with Crippen molar-refractivity contribution in [3.8, 4) is 0 Å². The van der Waals surface area contributed by atoms with Crippen LogP contribution in [0, 0.1) is 5.41 Å². The lowest BCUT2D eigenvalue weighted by atomic mass is 9.38. The zero-order chi connectivity index (χ0) is 15.5. The molecule has 5 rings (SSSR count). The number of amides is 2. The van der Waals surface area contributed by atoms with Crippen molar-refractivity contribution in [2.24, 2.45) is 5.41 Å². The van der Waals surface area contributed by atoms with Crippen LogP contribution in [0.1, 0.15) is 25.7 Å². The van der Waals surface area contributed by atoms with Gasteiger partial charge in [-0.2, -0.15) is 0 Å². The van der Waals surface area contributed by atoms with Crippen LogP contribution >= 0.6 is 0 Å². The number of ether oxygens (including phenoxy) is 1. The molecule has 2 N–H and O–H groups in total. The average molecular weight is 309 g/mol. The minimum absolute atomic E-state index is 0.0284. The lowest BCUT2D eigenvalue weighted by Gasteiger charge is -2.73. The molecule has 2 saturated heterocycles. The van der Waals surface area contributed by atoms with Gasteiger partial charge in [0, 0.05) is 32.3 Å². The smallest absolute Gasteiger partial charge is 0.320 e. The van der Waals surface area contributed by atoms with Crippen molar-refractivity contribution in [3.63, 3.8) is 0 Å². The molecule has 2 aliphatic heterocycles. The first-order valence-corrected chi connectivity index (χ1v) is 8.01. The van der Waals surface area contributed by atoms with Crippen molar-refractivity contribution >= 4 is 12.0 Å². The Labute approximate surface area is 129 Å². The van der Waals surface area contributed by atoms with Gasteiger partial charge in [0.15, 0.2) is 0 Å². The van der Waals surface area contributed by atoms with Gasteiger partial charge in [0.2, 0.25) is 0 Å². The molecule has 0 aromatic carbocycles. The molecule has 3 saturated carbocycles. The number of piperazine rings is 1. The fourth-order valence-corrected chi connectivity index (χ4v) is 5.25. The molecular formula is C15H23N3O4. The topological polar surface area (TPSA) is 82.1 Å². The van der Waals surface area contributed by atoms with E-state index in [9.17, 15) is 9.59 Å². The highest BCUT2D eigenvalue weighted by molar-refractivity contribution is 5.80. The van der Waals surface area contributed by atoms with Gasteiger partial charge in [0.1, 0.15) is 0 Å². The molecule has 0 aromatic heterocycles. The van der Waals surface area contributed by atoms with Crippen molar-refractivity contribution in [2.75, 3.05) is 33.4 Å². The standard InChI is InChI=1S/C15H23N3O4/c1-22-6-10-11-5-18(13(21)17(11)3-2-16-10)15-7-14(8-15,9-15)4-12(19)20/h10-11,16H,2-9H2,1H3,(H,19,20)/t10-,11-,14?,15?/m1/s1. The third-order valence-electron chi connectivity index (χ3n) is 6.03. The summed E-state index contributed by atoms with van der Waals surface area (Å²) in [6.07, 6.45) is 2.83. The molecule has 2 bridgehead atoms. The molecule has 2 heterocycles. The van der Waals surface area contributed by atoms with Gasteiger partial charge in [-0.3, -0.25) is 4.79 Å². The lowest BCUT2D eigenvalue weighted by molar-refractivity contribution is -0.208. The Bertz CT molecular complexity index is 501. The number of nitrogens with zero attached hydrogens (tertiary/aromatic N) is 2. The molecule has 2 atom stereocenters. The van der Waals surface area contributed by atoms with Crippen molar-refractivity contribution in [1.29, 1.82) is 0 Å². The number of aliphatic carboxylic acids is 1. The maximum atomic E-state index is 12.7. The SMILES string of the molecule is COC[C@H]1NCCN2C(=O)N(C34CC(CC(=O)O)(C3)C4)C[C@H]12. The van der Waals surface area contributed by atoms with Crippen LogP contribution in [0.25, 0.3) is 0 Å². The van der Waals surface area contributed by atoms with E-state index in [0.29, 0.717) is 6.61 Å². The molecule has 5 fully saturated rings. The fourth-order valence-electron chi connectivity index (χ4n) is 5.25. The summed E-state index contributed by atoms with van der Waals surface area (Å²) in [6.45, 7) is 2.90. The molecule has 0 spiro atoms. The van der Waals surface area contributed by atoms with Crippen LogP contribution in [0.3, 0.4) is 0 Å². The molecule has 5 aliphatic rings. The molecule has 7 nitrogen and oxygen atoms in total. The Hall–Kier alpha value is -1.34. The first-order chi connectivity index (χ1) is 10.5. The van der Waals surface area contributed by atoms with Gasteiger partial charge in [-0.25, -0.2) is 4.79 Å². The zero-order valence-corrected chi connectivity index (χ0v) is 12.9. The highest BCUT2D eigenvalue weighted by Crippen LogP contribution is 2.72. The molecule has 2 amide bonds. The lowest BCUT2D eigenvalue weighted by Crippen LogP contribution is -2.75. The summed E-state index contributed by atoms with van der Waals surface area (Å²) in [5.41, 5.74) is -0.0825. The first kappa shape index (κ1) is 14.3. The summed E-state index contributed by atoms with van der Waals surface area (Å²) in [7, 11) is 1.69. The largest absolute Gasteiger partial charge is 0.481 e. The molecule has 122 valence electrons. The van der Waals surface area contributed by atoms with Gasteiger partial charge in [-0.1, -0.05) is 0 Å². The number of carboxylic acids is 1. The number of hydrogen-bond acceptors (Lipinski definition) is 4. The number of carboxylic acid groups (broad SMARTS) is 1. The van der Waals surface area contributed by atoms with E-state index in [0.717, 1.165) is 38.9 Å². The number of carbonyl (C=O) groups excluding carboxylic acids is 1. The number of nitrogens with one attached hydrogen (secondary N) is 1. The normalized spacial score (nSPS) is 42.7. The highest BCUT2D eigenvalue weighted by Gasteiger charge is 2.72. The van der Waals surface area contributed by atoms with Crippen LogP contribution < -0.4 is 5.32 Å². The minimum atomic E-state index is -0.720. The number of urea groups is 1. The summed E-state index contributed by atoms with van der Waals surface area (Å²) in [5, 5.41) is 12.4. The molecule has 0 unspecified atom stereocenters. The van der Waals surface area contributed by atoms with E-state index in [1.165, 1.54) is 0 Å². The van der Waals surface area contributed by atoms with E-state index < -0.39 is 5.97 Å². The van der Waals surface area contributed by atoms with Gasteiger partial charge in [-0.05, 0) is 24.7 Å². The number of methoxy groups -OCH3 is 1. The minimum Gasteiger partial charge on any atom is -0.481 e. The summed E-state index contributed by atoms with van der Waals surface area (Å²) in [5.74, 6) is -0.720. The molecule has 3 aliphatic carbocycles. The molecule has 7 heteroatoms. The predicted octanol–water partition coefficient (Wildman–Crippen LogP) is 0.108. The Kier molecular flexibility index (Phi) is 2.97. The van der Waals surface area contributed by atoms with Crippen LogP contribution in [0.15, 0.2) is 0 Å². The van der Waals surface area contributed by atoms with Gasteiger partial charge in [0.05, 0.1) is 25.1 Å². The van der Waals surface area contributed by atoms with Crippen LogP contribution in [0.5, 0.6) is 0 Å². The second-order valence-electron chi connectivity index (χ2n) is 7.50. The maximum Gasteiger partial charge on any atom is 0.320 e. The van der Waals surface area contributed by atoms with E-state index in [4.69, 9.17) is 9.84 Å². The van der Waals surface area contributed by atoms with Crippen LogP contribution in [0.4, 0.5) is 4.79 Å². The monoisotopic (exact) mass is 309 g/mol. The summed E-state index contributed by atoms with van der Waals surface area (Å²) in [4.78, 5) is 27.7. The zero-order valence-electron chi connectivity index (χ0n) is 12.9. The van der Waals surface area contributed by atoms with E-state index in [2.05, 4.69) is 5.32 Å². The summed E-state index contributed by atoms with van der Waals surface area (Å²) < 4.78 is 5.27. The quantitative estimate of drug-likeness (QED) is 0.753. The Balaban J connectivity index is 1.45. The first-order valence-electron chi connectivity index (χ1n) is 8.01. The Morgan fingerprint density at radius 3 is 2.82 bits per heavy atom. The van der Waals surface area contributed by atoms with Gasteiger partial charge in [0.25, 0.3) is 0 Å². The summed E-state index contributed by atoms with van der Waals surface area (Å²) >= 11 is 0. The Morgan fingerprint density at radius 2 is 2.18 bits per heavy atom. The van der Waals surface area contributed by atoms with E-state index in [-0.39, 0.29) is 35.5 Å². The predicted molar refractivity (Wildman–Crippen MR) is 77.5 cm³/mol. The van der Waals surface area contributed by atoms with Crippen LogP contribution in [-0.4, -0.2) is 77.9 Å². The van der Waals surface area contributed by atoms with Crippen LogP contribution in [-0.2, 0) is 9.53 Å². The van der Waals surface area contributed by atoms with Crippen LogP contribution in [0.2, 0.25) is 0 Å². The van der Waals surface area contributed by atoms with Crippen molar-refractivity contribution < 1.29 is 19.4 Å². The second kappa shape index (κ2) is 4.58. The average Bonchev–Trinajstić information content (AvgIpc) is 2.71.